The van der Waals surface area contributed by atoms with Gasteiger partial charge >= 0.3 is 0 Å². The van der Waals surface area contributed by atoms with Crippen molar-refractivity contribution in [1.82, 2.24) is 0 Å². The molecule has 22 heavy (non-hydrogen) atoms. The zero-order chi connectivity index (χ0) is 14.7. The van der Waals surface area contributed by atoms with Gasteiger partial charge in [0.1, 0.15) is 0 Å². The molecule has 0 saturated heterocycles. The van der Waals surface area contributed by atoms with Crippen molar-refractivity contribution in [3.05, 3.63) is 11.6 Å². The molecule has 4 fully saturated rings. The van der Waals surface area contributed by atoms with Crippen LogP contribution < -0.4 is 0 Å². The van der Waals surface area contributed by atoms with E-state index in [0.29, 0.717) is 0 Å². The van der Waals surface area contributed by atoms with Gasteiger partial charge < -0.3 is 0 Å². The van der Waals surface area contributed by atoms with Crippen molar-refractivity contribution in [2.24, 2.45) is 40.9 Å². The molecule has 1 spiro atoms. The molecule has 0 aromatic carbocycles. The Morgan fingerprint density at radius 3 is 2.64 bits per heavy atom. The van der Waals surface area contributed by atoms with Crippen LogP contribution in [0.5, 0.6) is 0 Å². The smallest absolute Gasteiger partial charge is 0.0138 e. The van der Waals surface area contributed by atoms with Gasteiger partial charge in [0.15, 0.2) is 0 Å². The summed E-state index contributed by atoms with van der Waals surface area (Å²) >= 11 is 0. The molecule has 122 valence electrons. The van der Waals surface area contributed by atoms with Crippen molar-refractivity contribution in [3.8, 4) is 0 Å². The molecule has 0 aromatic rings. The molecule has 0 heterocycles. The maximum Gasteiger partial charge on any atom is -0.0138 e. The maximum absolute atomic E-state index is 2.76. The van der Waals surface area contributed by atoms with Gasteiger partial charge in [-0.2, -0.15) is 0 Å². The minimum Gasteiger partial charge on any atom is -0.0819 e. The first kappa shape index (κ1) is 14.1. The van der Waals surface area contributed by atoms with E-state index in [2.05, 4.69) is 13.0 Å². The van der Waals surface area contributed by atoms with Gasteiger partial charge in [-0.3, -0.25) is 0 Å². The Balaban J connectivity index is 1.38. The average Bonchev–Trinajstić information content (AvgIpc) is 2.76. The molecule has 6 atom stereocenters. The quantitative estimate of drug-likeness (QED) is 0.494. The Morgan fingerprint density at radius 1 is 0.955 bits per heavy atom. The van der Waals surface area contributed by atoms with Gasteiger partial charge in [-0.1, -0.05) is 44.3 Å². The molecule has 0 nitrogen and oxygen atoms in total. The van der Waals surface area contributed by atoms with Crippen LogP contribution in [0.25, 0.3) is 0 Å². The van der Waals surface area contributed by atoms with Gasteiger partial charge in [-0.25, -0.2) is 0 Å². The summed E-state index contributed by atoms with van der Waals surface area (Å²) in [7, 11) is 0. The fourth-order valence-corrected chi connectivity index (χ4v) is 7.87. The van der Waals surface area contributed by atoms with Gasteiger partial charge in [0.05, 0.1) is 0 Å². The van der Waals surface area contributed by atoms with Crippen LogP contribution in [0.4, 0.5) is 0 Å². The normalized spacial score (nSPS) is 49.4. The van der Waals surface area contributed by atoms with E-state index in [1.807, 2.05) is 5.57 Å². The van der Waals surface area contributed by atoms with Gasteiger partial charge in [-0.05, 0) is 92.3 Å². The molecular formula is C22H34. The summed E-state index contributed by atoms with van der Waals surface area (Å²) in [6.07, 6.45) is 21.4. The average molecular weight is 299 g/mol. The van der Waals surface area contributed by atoms with Crippen molar-refractivity contribution in [1.29, 1.82) is 0 Å². The first-order chi connectivity index (χ1) is 10.7. The fourth-order valence-electron chi connectivity index (χ4n) is 7.87. The van der Waals surface area contributed by atoms with Gasteiger partial charge in [0.2, 0.25) is 0 Å². The van der Waals surface area contributed by atoms with E-state index in [1.54, 1.807) is 51.4 Å². The minimum absolute atomic E-state index is 0.797. The summed E-state index contributed by atoms with van der Waals surface area (Å²) in [6.45, 7) is 2.49. The molecule has 0 heteroatoms. The van der Waals surface area contributed by atoms with Crippen LogP contribution >= 0.6 is 0 Å². The van der Waals surface area contributed by atoms with E-state index in [4.69, 9.17) is 0 Å². The summed E-state index contributed by atoms with van der Waals surface area (Å²) in [5.74, 6) is 6.23. The number of fused-ring (bicyclic) bond motifs is 1. The van der Waals surface area contributed by atoms with Crippen molar-refractivity contribution in [3.63, 3.8) is 0 Å². The topological polar surface area (TPSA) is 0 Å². The number of allylic oxidation sites excluding steroid dienone is 2. The maximum atomic E-state index is 2.76. The summed E-state index contributed by atoms with van der Waals surface area (Å²) in [5.41, 5.74) is 2.76. The van der Waals surface area contributed by atoms with Crippen LogP contribution in [-0.4, -0.2) is 0 Å². The van der Waals surface area contributed by atoms with Crippen molar-refractivity contribution in [2.45, 2.75) is 84.0 Å². The number of hydrogen-bond acceptors (Lipinski definition) is 0. The first-order valence-electron chi connectivity index (χ1n) is 10.5. The highest BCUT2D eigenvalue weighted by atomic mass is 14.6. The van der Waals surface area contributed by atoms with E-state index in [1.165, 1.54) is 25.7 Å². The lowest BCUT2D eigenvalue weighted by molar-refractivity contribution is 0.0256. The molecule has 5 aliphatic rings. The fraction of sp³-hybridized carbons (Fsp3) is 0.909. The number of rotatable bonds is 1. The molecule has 6 unspecified atom stereocenters. The van der Waals surface area contributed by atoms with E-state index in [9.17, 15) is 0 Å². The summed E-state index contributed by atoms with van der Waals surface area (Å²) in [6, 6.07) is 0. The molecule has 0 aromatic heterocycles. The van der Waals surface area contributed by atoms with Crippen LogP contribution in [0.15, 0.2) is 11.6 Å². The highest BCUT2D eigenvalue weighted by molar-refractivity contribution is 5.30. The summed E-state index contributed by atoms with van der Waals surface area (Å²) < 4.78 is 0. The molecule has 5 rings (SSSR count). The second-order valence-electron chi connectivity index (χ2n) is 9.93. The monoisotopic (exact) mass is 298 g/mol. The Bertz CT molecular complexity index is 461. The third kappa shape index (κ3) is 2.08. The molecule has 4 saturated carbocycles. The van der Waals surface area contributed by atoms with Crippen LogP contribution in [-0.2, 0) is 0 Å². The molecular weight excluding hydrogens is 264 g/mol. The minimum atomic E-state index is 0.797. The second-order valence-corrected chi connectivity index (χ2v) is 9.93. The van der Waals surface area contributed by atoms with Crippen molar-refractivity contribution in [2.75, 3.05) is 0 Å². The third-order valence-corrected chi connectivity index (χ3v) is 8.57. The lowest BCUT2D eigenvalue weighted by Gasteiger charge is -2.54. The van der Waals surface area contributed by atoms with E-state index >= 15 is 0 Å². The summed E-state index contributed by atoms with van der Waals surface area (Å²) in [5, 5.41) is 0. The van der Waals surface area contributed by atoms with Gasteiger partial charge in [0, 0.05) is 0 Å². The largest absolute Gasteiger partial charge is 0.0819 e. The lowest BCUT2D eigenvalue weighted by atomic mass is 9.51. The molecule has 0 radical (unpaired) electrons. The van der Waals surface area contributed by atoms with Crippen LogP contribution in [0.3, 0.4) is 0 Å². The predicted octanol–water partition coefficient (Wildman–Crippen LogP) is 6.37. The molecule has 0 N–H and O–H groups in total. The van der Waals surface area contributed by atoms with Crippen molar-refractivity contribution < 1.29 is 0 Å². The van der Waals surface area contributed by atoms with Crippen molar-refractivity contribution >= 4 is 0 Å². The predicted molar refractivity (Wildman–Crippen MR) is 92.5 cm³/mol. The molecule has 0 amide bonds. The summed E-state index contributed by atoms with van der Waals surface area (Å²) in [4.78, 5) is 0. The molecule has 2 bridgehead atoms. The van der Waals surface area contributed by atoms with Gasteiger partial charge in [-0.15, -0.1) is 0 Å². The number of hydrogen-bond donors (Lipinski definition) is 0. The zero-order valence-electron chi connectivity index (χ0n) is 14.5. The standard InChI is InChI=1S/C22H34/c1-15-10-16-12-18-19(11-15)21(20(18)13-16)17-6-5-9-22(14-17)7-3-2-4-8-22/h11,15-18,20-21H,2-10,12-14H2,1H3. The third-order valence-electron chi connectivity index (χ3n) is 8.57. The Kier molecular flexibility index (Phi) is 3.28. The Hall–Kier alpha value is -0.260. The van der Waals surface area contributed by atoms with Crippen LogP contribution in [0.2, 0.25) is 0 Å². The highest BCUT2D eigenvalue weighted by Crippen LogP contribution is 2.65. The molecule has 5 aliphatic carbocycles. The highest BCUT2D eigenvalue weighted by Gasteiger charge is 2.56. The van der Waals surface area contributed by atoms with Crippen LogP contribution in [0, 0.1) is 40.9 Å². The van der Waals surface area contributed by atoms with Gasteiger partial charge in [0.25, 0.3) is 0 Å². The van der Waals surface area contributed by atoms with E-state index in [-0.39, 0.29) is 0 Å². The van der Waals surface area contributed by atoms with E-state index in [0.717, 1.165) is 40.9 Å². The zero-order valence-corrected chi connectivity index (χ0v) is 14.5. The lowest BCUT2D eigenvalue weighted by Crippen LogP contribution is -2.45. The van der Waals surface area contributed by atoms with Crippen LogP contribution in [0.1, 0.15) is 84.0 Å². The second kappa shape index (κ2) is 5.12. The Morgan fingerprint density at radius 2 is 1.77 bits per heavy atom. The Labute approximate surface area is 137 Å². The molecule has 0 aliphatic heterocycles. The first-order valence-corrected chi connectivity index (χ1v) is 10.5. The van der Waals surface area contributed by atoms with E-state index < -0.39 is 0 Å². The SMILES string of the molecule is CC1C=C2C3CC(C1)CC3C2C1CCCC2(CCCCC2)C1.